The molecule has 1 amide bonds. The summed E-state index contributed by atoms with van der Waals surface area (Å²) in [5, 5.41) is 2.48. The van der Waals surface area contributed by atoms with Gasteiger partial charge in [-0.05, 0) is 30.3 Å². The van der Waals surface area contributed by atoms with Gasteiger partial charge in [0.05, 0.1) is 16.3 Å². The lowest BCUT2D eigenvalue weighted by Gasteiger charge is -2.10. The molecule has 0 fully saturated rings. The minimum absolute atomic E-state index is 0.00781. The van der Waals surface area contributed by atoms with Crippen molar-refractivity contribution < 1.29 is 17.6 Å². The molecule has 0 aliphatic carbocycles. The lowest BCUT2D eigenvalue weighted by molar-refractivity contribution is 0.102. The van der Waals surface area contributed by atoms with Crippen molar-refractivity contribution in [3.8, 4) is 0 Å². The lowest BCUT2D eigenvalue weighted by Crippen LogP contribution is -2.15. The average molecular weight is 308 g/mol. The van der Waals surface area contributed by atoms with Crippen molar-refractivity contribution in [1.29, 1.82) is 0 Å². The summed E-state index contributed by atoms with van der Waals surface area (Å²) < 4.78 is 36.4. The Morgan fingerprint density at radius 3 is 2.48 bits per heavy atom. The molecule has 110 valence electrons. The standard InChI is InChI=1S/C14H13FN2O3S/c1-21(19,20)13-5-3-2-4-12(13)17-14(18)9-6-7-10(15)11(16)8-9/h2-8H,16H2,1H3,(H,17,18). The van der Waals surface area contributed by atoms with Crippen LogP contribution in [-0.2, 0) is 9.84 Å². The van der Waals surface area contributed by atoms with Crippen molar-refractivity contribution in [2.24, 2.45) is 0 Å². The predicted molar refractivity (Wildman–Crippen MR) is 78.3 cm³/mol. The molecular formula is C14H13FN2O3S. The SMILES string of the molecule is CS(=O)(=O)c1ccccc1NC(=O)c1ccc(F)c(N)c1. The molecule has 3 N–H and O–H groups in total. The van der Waals surface area contributed by atoms with Crippen LogP contribution in [0.1, 0.15) is 10.4 Å². The van der Waals surface area contributed by atoms with Crippen LogP contribution < -0.4 is 11.1 Å². The number of hydrogen-bond donors (Lipinski definition) is 2. The largest absolute Gasteiger partial charge is 0.396 e. The van der Waals surface area contributed by atoms with Crippen LogP contribution in [0, 0.1) is 5.82 Å². The molecule has 0 saturated carbocycles. The number of rotatable bonds is 3. The van der Waals surface area contributed by atoms with Gasteiger partial charge in [-0.25, -0.2) is 12.8 Å². The number of halogens is 1. The molecular weight excluding hydrogens is 295 g/mol. The topological polar surface area (TPSA) is 89.3 Å². The molecule has 2 aromatic carbocycles. The van der Waals surface area contributed by atoms with Crippen molar-refractivity contribution >= 4 is 27.1 Å². The van der Waals surface area contributed by atoms with E-state index >= 15 is 0 Å². The molecule has 0 aliphatic heterocycles. The highest BCUT2D eigenvalue weighted by atomic mass is 32.2. The van der Waals surface area contributed by atoms with Crippen molar-refractivity contribution in [3.05, 3.63) is 53.8 Å². The second kappa shape index (κ2) is 5.53. The summed E-state index contributed by atoms with van der Waals surface area (Å²) in [6.07, 6.45) is 1.05. The number of nitrogen functional groups attached to an aromatic ring is 1. The number of benzene rings is 2. The first-order valence-electron chi connectivity index (χ1n) is 5.94. The summed E-state index contributed by atoms with van der Waals surface area (Å²) in [5.41, 5.74) is 5.54. The Kier molecular flexibility index (Phi) is 3.95. The quantitative estimate of drug-likeness (QED) is 0.849. The van der Waals surface area contributed by atoms with E-state index in [1.807, 2.05) is 0 Å². The van der Waals surface area contributed by atoms with Gasteiger partial charge in [-0.2, -0.15) is 0 Å². The minimum atomic E-state index is -3.48. The maximum Gasteiger partial charge on any atom is 0.255 e. The maximum atomic E-state index is 13.1. The number of anilines is 2. The third-order valence-electron chi connectivity index (χ3n) is 2.79. The van der Waals surface area contributed by atoms with Crippen LogP contribution in [0.25, 0.3) is 0 Å². The fraction of sp³-hybridized carbons (Fsp3) is 0.0714. The van der Waals surface area contributed by atoms with Crippen LogP contribution >= 0.6 is 0 Å². The molecule has 2 aromatic rings. The molecule has 0 aliphatic rings. The van der Waals surface area contributed by atoms with E-state index in [0.29, 0.717) is 0 Å². The highest BCUT2D eigenvalue weighted by Gasteiger charge is 2.15. The van der Waals surface area contributed by atoms with Gasteiger partial charge in [0.1, 0.15) is 5.82 Å². The number of para-hydroxylation sites is 1. The third-order valence-corrected chi connectivity index (χ3v) is 3.95. The van der Waals surface area contributed by atoms with E-state index in [1.165, 1.54) is 24.3 Å². The van der Waals surface area contributed by atoms with Gasteiger partial charge in [0, 0.05) is 11.8 Å². The number of hydrogen-bond acceptors (Lipinski definition) is 4. The fourth-order valence-electron chi connectivity index (χ4n) is 1.77. The first-order chi connectivity index (χ1) is 9.79. The molecule has 0 bridgehead atoms. The summed E-state index contributed by atoms with van der Waals surface area (Å²) in [6.45, 7) is 0. The summed E-state index contributed by atoms with van der Waals surface area (Å²) in [5.74, 6) is -1.19. The first kappa shape index (κ1) is 15.0. The number of amides is 1. The van der Waals surface area contributed by atoms with Crippen LogP contribution in [0.5, 0.6) is 0 Å². The highest BCUT2D eigenvalue weighted by Crippen LogP contribution is 2.22. The van der Waals surface area contributed by atoms with Crippen LogP contribution in [0.2, 0.25) is 0 Å². The Morgan fingerprint density at radius 1 is 1.19 bits per heavy atom. The van der Waals surface area contributed by atoms with Gasteiger partial charge in [-0.15, -0.1) is 0 Å². The number of nitrogens with one attached hydrogen (secondary N) is 1. The maximum absolute atomic E-state index is 13.1. The second-order valence-electron chi connectivity index (χ2n) is 4.46. The van der Waals surface area contributed by atoms with Crippen molar-refractivity contribution in [1.82, 2.24) is 0 Å². The summed E-state index contributed by atoms with van der Waals surface area (Å²) >= 11 is 0. The summed E-state index contributed by atoms with van der Waals surface area (Å²) in [7, 11) is -3.48. The van der Waals surface area contributed by atoms with Gasteiger partial charge in [-0.3, -0.25) is 4.79 Å². The minimum Gasteiger partial charge on any atom is -0.396 e. The molecule has 0 radical (unpaired) electrons. The van der Waals surface area contributed by atoms with Crippen molar-refractivity contribution in [2.75, 3.05) is 17.3 Å². The zero-order valence-electron chi connectivity index (χ0n) is 11.1. The molecule has 5 nitrogen and oxygen atoms in total. The van der Waals surface area contributed by atoms with Crippen LogP contribution in [-0.4, -0.2) is 20.6 Å². The van der Waals surface area contributed by atoms with E-state index in [-0.39, 0.29) is 21.8 Å². The van der Waals surface area contributed by atoms with Gasteiger partial charge < -0.3 is 11.1 Å². The Bertz CT molecular complexity index is 804. The van der Waals surface area contributed by atoms with Gasteiger partial charge in [-0.1, -0.05) is 12.1 Å². The lowest BCUT2D eigenvalue weighted by atomic mass is 10.2. The summed E-state index contributed by atoms with van der Waals surface area (Å²) in [6, 6.07) is 9.56. The molecule has 7 heteroatoms. The zero-order chi connectivity index (χ0) is 15.6. The Balaban J connectivity index is 2.34. The number of carbonyl (C=O) groups is 1. The van der Waals surface area contributed by atoms with E-state index in [9.17, 15) is 17.6 Å². The first-order valence-corrected chi connectivity index (χ1v) is 7.83. The molecule has 21 heavy (non-hydrogen) atoms. The van der Waals surface area contributed by atoms with Gasteiger partial charge in [0.2, 0.25) is 0 Å². The number of sulfone groups is 1. The van der Waals surface area contributed by atoms with E-state index < -0.39 is 21.6 Å². The van der Waals surface area contributed by atoms with Gasteiger partial charge in [0.25, 0.3) is 5.91 Å². The van der Waals surface area contributed by atoms with E-state index in [2.05, 4.69) is 5.32 Å². The normalized spacial score (nSPS) is 11.1. The average Bonchev–Trinajstić information content (AvgIpc) is 2.41. The zero-order valence-corrected chi connectivity index (χ0v) is 11.9. The smallest absolute Gasteiger partial charge is 0.255 e. The number of carbonyl (C=O) groups excluding carboxylic acids is 1. The molecule has 0 heterocycles. The van der Waals surface area contributed by atoms with Crippen LogP contribution in [0.3, 0.4) is 0 Å². The fourth-order valence-corrected chi connectivity index (χ4v) is 2.62. The van der Waals surface area contributed by atoms with E-state index in [0.717, 1.165) is 12.3 Å². The van der Waals surface area contributed by atoms with Gasteiger partial charge >= 0.3 is 0 Å². The molecule has 0 spiro atoms. The predicted octanol–water partition coefficient (Wildman–Crippen LogP) is 2.06. The molecule has 0 saturated heterocycles. The van der Waals surface area contributed by atoms with Crippen LogP contribution in [0.4, 0.5) is 15.8 Å². The van der Waals surface area contributed by atoms with E-state index in [4.69, 9.17) is 5.73 Å². The molecule has 0 aromatic heterocycles. The highest BCUT2D eigenvalue weighted by molar-refractivity contribution is 7.90. The van der Waals surface area contributed by atoms with Crippen LogP contribution in [0.15, 0.2) is 47.4 Å². The van der Waals surface area contributed by atoms with Gasteiger partial charge in [0.15, 0.2) is 9.84 Å². The van der Waals surface area contributed by atoms with Crippen molar-refractivity contribution in [3.63, 3.8) is 0 Å². The molecule has 0 unspecified atom stereocenters. The molecule has 2 rings (SSSR count). The summed E-state index contributed by atoms with van der Waals surface area (Å²) in [4.78, 5) is 12.1. The second-order valence-corrected chi connectivity index (χ2v) is 6.44. The van der Waals surface area contributed by atoms with Crippen molar-refractivity contribution in [2.45, 2.75) is 4.90 Å². The molecule has 0 atom stereocenters. The monoisotopic (exact) mass is 308 g/mol. The number of nitrogens with two attached hydrogens (primary N) is 1. The Labute approximate surface area is 121 Å². The van der Waals surface area contributed by atoms with E-state index in [1.54, 1.807) is 12.1 Å². The third kappa shape index (κ3) is 3.38. The Hall–Kier alpha value is -2.41. The Morgan fingerprint density at radius 2 is 1.86 bits per heavy atom.